The summed E-state index contributed by atoms with van der Waals surface area (Å²) in [7, 11) is 1.76. The second kappa shape index (κ2) is 8.73. The van der Waals surface area contributed by atoms with Crippen LogP contribution in [0.5, 0.6) is 5.75 Å². The molecule has 0 saturated carbocycles. The fourth-order valence-electron chi connectivity index (χ4n) is 2.50. The van der Waals surface area contributed by atoms with Crippen LogP contribution in [-0.2, 0) is 6.42 Å². The number of nitrogens with zero attached hydrogens (tertiary/aromatic N) is 2. The summed E-state index contributed by atoms with van der Waals surface area (Å²) in [5.41, 5.74) is 2.07. The van der Waals surface area contributed by atoms with Crippen LogP contribution in [0.4, 0.5) is 0 Å². The van der Waals surface area contributed by atoms with E-state index in [0.29, 0.717) is 13.2 Å². The van der Waals surface area contributed by atoms with Gasteiger partial charge in [0.15, 0.2) is 5.96 Å². The van der Waals surface area contributed by atoms with Crippen LogP contribution in [0.1, 0.15) is 5.82 Å². The second-order valence-electron chi connectivity index (χ2n) is 5.54. The van der Waals surface area contributed by atoms with Crippen LogP contribution in [-0.4, -0.2) is 42.7 Å². The number of ether oxygens (including phenoxy) is 1. The zero-order chi connectivity index (χ0) is 17.3. The number of rotatable bonds is 7. The van der Waals surface area contributed by atoms with E-state index in [1.807, 2.05) is 54.6 Å². The average molecular weight is 337 g/mol. The molecular formula is C19H23N5O. The van der Waals surface area contributed by atoms with E-state index < -0.39 is 0 Å². The summed E-state index contributed by atoms with van der Waals surface area (Å²) in [6.07, 6.45) is 0.801. The quantitative estimate of drug-likeness (QED) is 0.351. The summed E-state index contributed by atoms with van der Waals surface area (Å²) in [6.45, 7) is 2.01. The lowest BCUT2D eigenvalue weighted by Gasteiger charge is -2.12. The molecule has 0 bridgehead atoms. The van der Waals surface area contributed by atoms with Crippen molar-refractivity contribution in [3.8, 4) is 5.75 Å². The lowest BCUT2D eigenvalue weighted by atomic mass is 10.3. The Kier molecular flexibility index (Phi) is 5.87. The number of imidazole rings is 1. The van der Waals surface area contributed by atoms with Crippen LogP contribution in [0.25, 0.3) is 11.0 Å². The minimum Gasteiger partial charge on any atom is -0.492 e. The van der Waals surface area contributed by atoms with Crippen molar-refractivity contribution in [1.82, 2.24) is 20.6 Å². The van der Waals surface area contributed by atoms with Gasteiger partial charge < -0.3 is 20.4 Å². The van der Waals surface area contributed by atoms with Crippen molar-refractivity contribution in [2.24, 2.45) is 4.99 Å². The highest BCUT2D eigenvalue weighted by Gasteiger charge is 2.03. The van der Waals surface area contributed by atoms with Gasteiger partial charge in [-0.1, -0.05) is 30.3 Å². The monoisotopic (exact) mass is 337 g/mol. The molecule has 1 heterocycles. The molecule has 0 amide bonds. The third-order valence-corrected chi connectivity index (χ3v) is 3.72. The average Bonchev–Trinajstić information content (AvgIpc) is 3.07. The highest BCUT2D eigenvalue weighted by atomic mass is 16.5. The maximum Gasteiger partial charge on any atom is 0.191 e. The summed E-state index contributed by atoms with van der Waals surface area (Å²) in [5, 5.41) is 6.52. The maximum absolute atomic E-state index is 5.65. The Morgan fingerprint density at radius 2 is 1.80 bits per heavy atom. The van der Waals surface area contributed by atoms with Crippen molar-refractivity contribution >= 4 is 17.0 Å². The van der Waals surface area contributed by atoms with E-state index in [2.05, 4.69) is 25.6 Å². The van der Waals surface area contributed by atoms with Gasteiger partial charge in [0.1, 0.15) is 18.2 Å². The molecule has 0 spiro atoms. The van der Waals surface area contributed by atoms with Gasteiger partial charge in [-0.2, -0.15) is 0 Å². The summed E-state index contributed by atoms with van der Waals surface area (Å²) >= 11 is 0. The van der Waals surface area contributed by atoms with Crippen molar-refractivity contribution in [3.05, 3.63) is 60.4 Å². The molecule has 6 heteroatoms. The van der Waals surface area contributed by atoms with E-state index >= 15 is 0 Å². The molecule has 0 aliphatic heterocycles. The number of aromatic nitrogens is 2. The Balaban J connectivity index is 1.37. The zero-order valence-electron chi connectivity index (χ0n) is 14.3. The molecule has 0 saturated heterocycles. The smallest absolute Gasteiger partial charge is 0.191 e. The molecule has 3 N–H and O–H groups in total. The fourth-order valence-corrected chi connectivity index (χ4v) is 2.50. The van der Waals surface area contributed by atoms with Gasteiger partial charge >= 0.3 is 0 Å². The van der Waals surface area contributed by atoms with Crippen molar-refractivity contribution in [2.45, 2.75) is 6.42 Å². The van der Waals surface area contributed by atoms with Gasteiger partial charge in [0.2, 0.25) is 0 Å². The lowest BCUT2D eigenvalue weighted by molar-refractivity contribution is 0.322. The Labute approximate surface area is 147 Å². The summed E-state index contributed by atoms with van der Waals surface area (Å²) in [4.78, 5) is 12.1. The van der Waals surface area contributed by atoms with Gasteiger partial charge in [0.25, 0.3) is 0 Å². The number of hydrogen-bond donors (Lipinski definition) is 3. The molecule has 130 valence electrons. The van der Waals surface area contributed by atoms with E-state index in [-0.39, 0.29) is 0 Å². The molecule has 3 aromatic rings. The Hall–Kier alpha value is -3.02. The number of para-hydroxylation sites is 3. The van der Waals surface area contributed by atoms with Crippen LogP contribution >= 0.6 is 0 Å². The highest BCUT2D eigenvalue weighted by Crippen LogP contribution is 2.10. The normalized spacial score (nSPS) is 11.5. The lowest BCUT2D eigenvalue weighted by Crippen LogP contribution is -2.40. The molecule has 0 unspecified atom stereocenters. The number of aromatic amines is 1. The van der Waals surface area contributed by atoms with Gasteiger partial charge in [-0.3, -0.25) is 4.99 Å². The van der Waals surface area contributed by atoms with Crippen LogP contribution < -0.4 is 15.4 Å². The molecule has 2 aromatic carbocycles. The first kappa shape index (κ1) is 16.8. The Bertz CT molecular complexity index is 780. The second-order valence-corrected chi connectivity index (χ2v) is 5.54. The molecule has 0 radical (unpaired) electrons. The van der Waals surface area contributed by atoms with Gasteiger partial charge in [0, 0.05) is 20.0 Å². The first-order chi connectivity index (χ1) is 12.3. The molecule has 0 atom stereocenters. The summed E-state index contributed by atoms with van der Waals surface area (Å²) in [6, 6.07) is 17.8. The third kappa shape index (κ3) is 4.97. The minimum absolute atomic E-state index is 0.578. The summed E-state index contributed by atoms with van der Waals surface area (Å²) < 4.78 is 5.65. The van der Waals surface area contributed by atoms with Crippen LogP contribution in [0, 0.1) is 0 Å². The van der Waals surface area contributed by atoms with Gasteiger partial charge in [-0.25, -0.2) is 4.98 Å². The molecule has 6 nitrogen and oxygen atoms in total. The third-order valence-electron chi connectivity index (χ3n) is 3.72. The number of guanidine groups is 1. The fraction of sp³-hybridized carbons (Fsp3) is 0.263. The van der Waals surface area contributed by atoms with Crippen molar-refractivity contribution in [1.29, 1.82) is 0 Å². The number of benzene rings is 2. The number of hydrogen-bond acceptors (Lipinski definition) is 3. The van der Waals surface area contributed by atoms with E-state index in [1.165, 1.54) is 0 Å². The predicted octanol–water partition coefficient (Wildman–Crippen LogP) is 2.35. The molecular weight excluding hydrogens is 314 g/mol. The highest BCUT2D eigenvalue weighted by molar-refractivity contribution is 5.79. The first-order valence-corrected chi connectivity index (χ1v) is 8.41. The number of aliphatic imine (C=N–C) groups is 1. The van der Waals surface area contributed by atoms with Crippen LogP contribution in [0.2, 0.25) is 0 Å². The van der Waals surface area contributed by atoms with Crippen molar-refractivity contribution < 1.29 is 4.74 Å². The van der Waals surface area contributed by atoms with Gasteiger partial charge in [0.05, 0.1) is 17.6 Å². The number of H-pyrrole nitrogens is 1. The topological polar surface area (TPSA) is 74.3 Å². The minimum atomic E-state index is 0.578. The maximum atomic E-state index is 5.65. The summed E-state index contributed by atoms with van der Waals surface area (Å²) in [5.74, 6) is 2.60. The van der Waals surface area contributed by atoms with Gasteiger partial charge in [-0.15, -0.1) is 0 Å². The van der Waals surface area contributed by atoms with Crippen molar-refractivity contribution in [3.63, 3.8) is 0 Å². The molecule has 1 aromatic heterocycles. The van der Waals surface area contributed by atoms with Crippen molar-refractivity contribution in [2.75, 3.05) is 26.7 Å². The molecule has 0 aliphatic rings. The number of nitrogens with one attached hydrogen (secondary N) is 3. The molecule has 25 heavy (non-hydrogen) atoms. The van der Waals surface area contributed by atoms with Crippen LogP contribution in [0.15, 0.2) is 59.6 Å². The van der Waals surface area contributed by atoms with E-state index in [4.69, 9.17) is 4.74 Å². The first-order valence-electron chi connectivity index (χ1n) is 8.41. The predicted molar refractivity (Wildman–Crippen MR) is 101 cm³/mol. The molecule has 0 aliphatic carbocycles. The zero-order valence-corrected chi connectivity index (χ0v) is 14.3. The SMILES string of the molecule is CN=C(NCCOc1ccccc1)NCCc1nc2ccccc2[nH]1. The standard InChI is InChI=1S/C19H23N5O/c1-20-19(22-13-14-25-15-7-3-2-4-8-15)21-12-11-18-23-16-9-5-6-10-17(16)24-18/h2-10H,11-14H2,1H3,(H,23,24)(H2,20,21,22). The van der Waals surface area contributed by atoms with Crippen LogP contribution in [0.3, 0.4) is 0 Å². The Morgan fingerprint density at radius 3 is 2.60 bits per heavy atom. The number of fused-ring (bicyclic) bond motifs is 1. The Morgan fingerprint density at radius 1 is 1.04 bits per heavy atom. The van der Waals surface area contributed by atoms with E-state index in [9.17, 15) is 0 Å². The molecule has 0 fully saturated rings. The van der Waals surface area contributed by atoms with E-state index in [0.717, 1.165) is 41.5 Å². The van der Waals surface area contributed by atoms with Gasteiger partial charge in [-0.05, 0) is 24.3 Å². The molecule has 3 rings (SSSR count). The largest absolute Gasteiger partial charge is 0.492 e. The van der Waals surface area contributed by atoms with E-state index in [1.54, 1.807) is 7.05 Å².